The van der Waals surface area contributed by atoms with Crippen molar-refractivity contribution >= 4 is 15.7 Å². The number of nitrogens with zero attached hydrogens (tertiary/aromatic N) is 1. The molecule has 0 saturated heterocycles. The smallest absolute Gasteiger partial charge is 0.242 e. The van der Waals surface area contributed by atoms with Crippen molar-refractivity contribution in [2.45, 2.75) is 31.6 Å². The number of hydrogen-bond donors (Lipinski definition) is 2. The molecule has 0 aromatic heterocycles. The molecule has 0 fully saturated rings. The van der Waals surface area contributed by atoms with Crippen molar-refractivity contribution in [1.82, 2.24) is 4.31 Å². The molecule has 120 valence electrons. The average Bonchev–Trinajstić information content (AvgIpc) is 2.43. The summed E-state index contributed by atoms with van der Waals surface area (Å²) in [5.41, 5.74) is 0.974. The van der Waals surface area contributed by atoms with Gasteiger partial charge < -0.3 is 10.4 Å². The molecule has 1 rings (SSSR count). The Kier molecular flexibility index (Phi) is 6.19. The Labute approximate surface area is 128 Å². The van der Waals surface area contributed by atoms with Crippen LogP contribution in [-0.2, 0) is 10.0 Å². The predicted octanol–water partition coefficient (Wildman–Crippen LogP) is 2.15. The third kappa shape index (κ3) is 5.30. The molecule has 0 bridgehead atoms. The lowest BCUT2D eigenvalue weighted by Gasteiger charge is -2.25. The van der Waals surface area contributed by atoms with Crippen LogP contribution in [0.4, 0.5) is 5.69 Å². The van der Waals surface area contributed by atoms with Crippen molar-refractivity contribution in [1.29, 1.82) is 0 Å². The minimum Gasteiger partial charge on any atom is -0.396 e. The van der Waals surface area contributed by atoms with Gasteiger partial charge in [-0.15, -0.1) is 0 Å². The van der Waals surface area contributed by atoms with Gasteiger partial charge in [-0.05, 0) is 42.5 Å². The lowest BCUT2D eigenvalue weighted by atomic mass is 9.88. The van der Waals surface area contributed by atoms with Crippen LogP contribution in [0.25, 0.3) is 0 Å². The Bertz CT molecular complexity index is 537. The van der Waals surface area contributed by atoms with E-state index in [2.05, 4.69) is 19.2 Å². The van der Waals surface area contributed by atoms with E-state index in [1.807, 2.05) is 0 Å². The summed E-state index contributed by atoms with van der Waals surface area (Å²) in [6, 6.07) is 6.77. The first kappa shape index (κ1) is 17.9. The number of rotatable bonds is 8. The van der Waals surface area contributed by atoms with Gasteiger partial charge in [0.05, 0.1) is 4.90 Å². The fourth-order valence-corrected chi connectivity index (χ4v) is 2.84. The first-order chi connectivity index (χ1) is 9.69. The van der Waals surface area contributed by atoms with Gasteiger partial charge in [-0.2, -0.15) is 0 Å². The van der Waals surface area contributed by atoms with Crippen molar-refractivity contribution in [3.8, 4) is 0 Å². The van der Waals surface area contributed by atoms with Gasteiger partial charge in [0, 0.05) is 32.9 Å². The molecule has 0 aliphatic carbocycles. The van der Waals surface area contributed by atoms with E-state index >= 15 is 0 Å². The minimum absolute atomic E-state index is 0.0805. The van der Waals surface area contributed by atoms with E-state index in [1.54, 1.807) is 24.3 Å². The molecule has 0 amide bonds. The highest BCUT2D eigenvalue weighted by molar-refractivity contribution is 7.89. The monoisotopic (exact) mass is 314 g/mol. The maximum absolute atomic E-state index is 12.0. The molecule has 0 aliphatic rings. The Morgan fingerprint density at radius 3 is 2.24 bits per heavy atom. The zero-order chi connectivity index (χ0) is 16.1. The van der Waals surface area contributed by atoms with Crippen molar-refractivity contribution in [2.24, 2.45) is 5.41 Å². The molecule has 0 heterocycles. The van der Waals surface area contributed by atoms with Crippen molar-refractivity contribution in [3.05, 3.63) is 24.3 Å². The predicted molar refractivity (Wildman–Crippen MR) is 85.9 cm³/mol. The SMILES string of the molecule is CN(C)S(=O)(=O)c1ccc(NCC(C)(C)CCCO)cc1. The number of benzene rings is 1. The quantitative estimate of drug-likeness (QED) is 0.771. The third-order valence-electron chi connectivity index (χ3n) is 3.42. The fraction of sp³-hybridized carbons (Fsp3) is 0.600. The van der Waals surface area contributed by atoms with Crippen molar-refractivity contribution < 1.29 is 13.5 Å². The Hall–Kier alpha value is -1.11. The summed E-state index contributed by atoms with van der Waals surface area (Å²) in [7, 11) is -0.333. The summed E-state index contributed by atoms with van der Waals surface area (Å²) in [6.07, 6.45) is 1.72. The highest BCUT2D eigenvalue weighted by Crippen LogP contribution is 2.23. The summed E-state index contributed by atoms with van der Waals surface area (Å²) < 4.78 is 25.1. The summed E-state index contributed by atoms with van der Waals surface area (Å²) in [5.74, 6) is 0. The van der Waals surface area contributed by atoms with E-state index in [0.29, 0.717) is 0 Å². The molecular formula is C15H26N2O3S. The normalized spacial score (nSPS) is 12.7. The Morgan fingerprint density at radius 1 is 1.19 bits per heavy atom. The van der Waals surface area contributed by atoms with Crippen LogP contribution >= 0.6 is 0 Å². The standard InChI is InChI=1S/C15H26N2O3S/c1-15(2,10-5-11-18)12-16-13-6-8-14(9-7-13)21(19,20)17(3)4/h6-9,16,18H,5,10-12H2,1-4H3. The van der Waals surface area contributed by atoms with Gasteiger partial charge in [-0.3, -0.25) is 0 Å². The van der Waals surface area contributed by atoms with Gasteiger partial charge >= 0.3 is 0 Å². The second-order valence-electron chi connectivity index (χ2n) is 6.16. The van der Waals surface area contributed by atoms with Crippen LogP contribution in [0.5, 0.6) is 0 Å². The Balaban J connectivity index is 2.68. The molecule has 21 heavy (non-hydrogen) atoms. The van der Waals surface area contributed by atoms with Gasteiger partial charge in [0.25, 0.3) is 0 Å². The average molecular weight is 314 g/mol. The first-order valence-corrected chi connectivity index (χ1v) is 8.50. The second kappa shape index (κ2) is 7.24. The Morgan fingerprint density at radius 2 is 1.76 bits per heavy atom. The molecule has 0 unspecified atom stereocenters. The van der Waals surface area contributed by atoms with E-state index in [9.17, 15) is 8.42 Å². The van der Waals surface area contributed by atoms with Crippen LogP contribution < -0.4 is 5.32 Å². The van der Waals surface area contributed by atoms with E-state index in [1.165, 1.54) is 18.4 Å². The summed E-state index contributed by atoms with van der Waals surface area (Å²) in [4.78, 5) is 0.289. The number of anilines is 1. The zero-order valence-corrected chi connectivity index (χ0v) is 14.1. The third-order valence-corrected chi connectivity index (χ3v) is 5.24. The van der Waals surface area contributed by atoms with Crippen LogP contribution in [-0.4, -0.2) is 45.1 Å². The topological polar surface area (TPSA) is 69.6 Å². The van der Waals surface area contributed by atoms with Gasteiger partial charge in [0.2, 0.25) is 10.0 Å². The van der Waals surface area contributed by atoms with Gasteiger partial charge in [-0.25, -0.2) is 12.7 Å². The highest BCUT2D eigenvalue weighted by Gasteiger charge is 2.18. The summed E-state index contributed by atoms with van der Waals surface area (Å²) in [6.45, 7) is 5.26. The number of sulfonamides is 1. The number of hydrogen-bond acceptors (Lipinski definition) is 4. The van der Waals surface area contributed by atoms with E-state index in [4.69, 9.17) is 5.11 Å². The van der Waals surface area contributed by atoms with Gasteiger partial charge in [-0.1, -0.05) is 13.8 Å². The lowest BCUT2D eigenvalue weighted by Crippen LogP contribution is -2.24. The fourth-order valence-electron chi connectivity index (χ4n) is 1.94. The first-order valence-electron chi connectivity index (χ1n) is 7.06. The molecule has 0 saturated carbocycles. The van der Waals surface area contributed by atoms with Crippen LogP contribution in [0, 0.1) is 5.41 Å². The molecule has 2 N–H and O–H groups in total. The zero-order valence-electron chi connectivity index (χ0n) is 13.3. The second-order valence-corrected chi connectivity index (χ2v) is 8.31. The largest absolute Gasteiger partial charge is 0.396 e. The molecule has 1 aromatic rings. The van der Waals surface area contributed by atoms with Gasteiger partial charge in [0.1, 0.15) is 0 Å². The van der Waals surface area contributed by atoms with E-state index in [0.717, 1.165) is 25.1 Å². The van der Waals surface area contributed by atoms with Crippen LogP contribution in [0.1, 0.15) is 26.7 Å². The van der Waals surface area contributed by atoms with Crippen LogP contribution in [0.3, 0.4) is 0 Å². The van der Waals surface area contributed by atoms with Gasteiger partial charge in [0.15, 0.2) is 0 Å². The molecule has 0 aliphatic heterocycles. The highest BCUT2D eigenvalue weighted by atomic mass is 32.2. The molecule has 0 spiro atoms. The number of aliphatic hydroxyl groups is 1. The molecule has 1 aromatic carbocycles. The van der Waals surface area contributed by atoms with E-state index in [-0.39, 0.29) is 16.9 Å². The number of aliphatic hydroxyl groups excluding tert-OH is 1. The molecule has 5 nitrogen and oxygen atoms in total. The molecular weight excluding hydrogens is 288 g/mol. The minimum atomic E-state index is -3.37. The number of nitrogens with one attached hydrogen (secondary N) is 1. The molecule has 6 heteroatoms. The van der Waals surface area contributed by atoms with Crippen molar-refractivity contribution in [2.75, 3.05) is 32.6 Å². The lowest BCUT2D eigenvalue weighted by molar-refractivity contribution is 0.248. The molecule has 0 radical (unpaired) electrons. The summed E-state index contributed by atoms with van der Waals surface area (Å²) >= 11 is 0. The molecule has 0 atom stereocenters. The summed E-state index contributed by atoms with van der Waals surface area (Å²) in [5, 5.41) is 12.2. The van der Waals surface area contributed by atoms with Crippen LogP contribution in [0.15, 0.2) is 29.2 Å². The van der Waals surface area contributed by atoms with Crippen molar-refractivity contribution in [3.63, 3.8) is 0 Å². The van der Waals surface area contributed by atoms with Crippen LogP contribution in [0.2, 0.25) is 0 Å². The van der Waals surface area contributed by atoms with E-state index < -0.39 is 10.0 Å². The maximum Gasteiger partial charge on any atom is 0.242 e. The maximum atomic E-state index is 12.0.